The van der Waals surface area contributed by atoms with Gasteiger partial charge in [0.1, 0.15) is 0 Å². The van der Waals surface area contributed by atoms with Gasteiger partial charge < -0.3 is 24.4 Å². The maximum atomic E-state index is 10.9. The van der Waals surface area contributed by atoms with Gasteiger partial charge in [-0.05, 0) is 23.1 Å². The maximum Gasteiger partial charge on any atom is 0.162 e. The number of hydrogen-bond donors (Lipinski definition) is 1. The summed E-state index contributed by atoms with van der Waals surface area (Å²) in [6.45, 7) is 12.8. The van der Waals surface area contributed by atoms with Crippen molar-refractivity contribution >= 4 is 11.4 Å². The number of morpholine rings is 2. The molecule has 0 atom stereocenters. The van der Waals surface area contributed by atoms with Crippen LogP contribution in [0.5, 0.6) is 5.75 Å². The van der Waals surface area contributed by atoms with Crippen LogP contribution in [0.3, 0.4) is 0 Å². The molecule has 0 unspecified atom stereocenters. The van der Waals surface area contributed by atoms with Gasteiger partial charge in [0.25, 0.3) is 0 Å². The van der Waals surface area contributed by atoms with E-state index in [2.05, 4.69) is 42.7 Å². The first-order chi connectivity index (χ1) is 11.0. The molecule has 3 rings (SSSR count). The van der Waals surface area contributed by atoms with E-state index < -0.39 is 0 Å². The lowest BCUT2D eigenvalue weighted by atomic mass is 9.86. The summed E-state index contributed by atoms with van der Waals surface area (Å²) in [4.78, 5) is 4.47. The standard InChI is InChI=1S/C18H28N2O3/c1-18(2,3)14-12-15(19-4-8-22-9-5-19)17(21)16(13-14)20-6-10-23-11-7-20/h12-13,21H,4-11H2,1-3H3. The van der Waals surface area contributed by atoms with Crippen molar-refractivity contribution in [3.63, 3.8) is 0 Å². The zero-order valence-electron chi connectivity index (χ0n) is 14.5. The number of nitrogens with zero attached hydrogens (tertiary/aromatic N) is 2. The number of phenols is 1. The normalized spacial score (nSPS) is 20.0. The fourth-order valence-electron chi connectivity index (χ4n) is 3.13. The Bertz CT molecular complexity index is 503. The van der Waals surface area contributed by atoms with Gasteiger partial charge in [-0.15, -0.1) is 0 Å². The van der Waals surface area contributed by atoms with Gasteiger partial charge in [0.15, 0.2) is 5.75 Å². The van der Waals surface area contributed by atoms with Crippen LogP contribution in [0, 0.1) is 0 Å². The Hall–Kier alpha value is -1.46. The first kappa shape index (κ1) is 16.4. The average molecular weight is 320 g/mol. The SMILES string of the molecule is CC(C)(C)c1cc(N2CCOCC2)c(O)c(N2CCOCC2)c1. The smallest absolute Gasteiger partial charge is 0.162 e. The van der Waals surface area contributed by atoms with Gasteiger partial charge >= 0.3 is 0 Å². The van der Waals surface area contributed by atoms with Gasteiger partial charge in [-0.2, -0.15) is 0 Å². The van der Waals surface area contributed by atoms with Gasteiger partial charge in [-0.1, -0.05) is 20.8 Å². The summed E-state index contributed by atoms with van der Waals surface area (Å²) >= 11 is 0. The van der Waals surface area contributed by atoms with Crippen molar-refractivity contribution in [2.24, 2.45) is 0 Å². The van der Waals surface area contributed by atoms with Crippen LogP contribution in [-0.4, -0.2) is 57.7 Å². The van der Waals surface area contributed by atoms with Gasteiger partial charge in [-0.3, -0.25) is 0 Å². The highest BCUT2D eigenvalue weighted by Gasteiger charge is 2.25. The summed E-state index contributed by atoms with van der Waals surface area (Å²) in [5, 5.41) is 10.9. The van der Waals surface area contributed by atoms with E-state index in [1.807, 2.05) is 0 Å². The molecule has 0 bridgehead atoms. The van der Waals surface area contributed by atoms with Crippen molar-refractivity contribution in [1.82, 2.24) is 0 Å². The zero-order chi connectivity index (χ0) is 16.4. The molecule has 0 spiro atoms. The number of rotatable bonds is 2. The fourth-order valence-corrected chi connectivity index (χ4v) is 3.13. The lowest BCUT2D eigenvalue weighted by Gasteiger charge is -2.35. The Morgan fingerprint density at radius 2 is 1.22 bits per heavy atom. The Balaban J connectivity index is 2.02. The molecule has 1 aromatic carbocycles. The van der Waals surface area contributed by atoms with E-state index in [-0.39, 0.29) is 5.41 Å². The second-order valence-corrected chi connectivity index (χ2v) is 7.31. The van der Waals surface area contributed by atoms with Crippen LogP contribution in [0.4, 0.5) is 11.4 Å². The highest BCUT2D eigenvalue weighted by molar-refractivity contribution is 5.74. The van der Waals surface area contributed by atoms with Crippen molar-refractivity contribution in [2.75, 3.05) is 62.4 Å². The minimum absolute atomic E-state index is 0.0375. The Labute approximate surface area is 138 Å². The first-order valence-corrected chi connectivity index (χ1v) is 8.50. The van der Waals surface area contributed by atoms with Crippen LogP contribution in [0.15, 0.2) is 12.1 Å². The molecular formula is C18H28N2O3. The minimum Gasteiger partial charge on any atom is -0.504 e. The van der Waals surface area contributed by atoms with Crippen molar-refractivity contribution in [2.45, 2.75) is 26.2 Å². The van der Waals surface area contributed by atoms with E-state index in [1.165, 1.54) is 5.56 Å². The third-order valence-electron chi connectivity index (χ3n) is 4.64. The number of aromatic hydroxyl groups is 1. The Kier molecular flexibility index (Phi) is 4.69. The Morgan fingerprint density at radius 1 is 0.826 bits per heavy atom. The van der Waals surface area contributed by atoms with Crippen LogP contribution in [0.25, 0.3) is 0 Å². The molecular weight excluding hydrogens is 292 g/mol. The molecule has 23 heavy (non-hydrogen) atoms. The predicted octanol–water partition coefficient (Wildman–Crippen LogP) is 2.36. The van der Waals surface area contributed by atoms with Gasteiger partial charge in [0, 0.05) is 26.2 Å². The van der Waals surface area contributed by atoms with Gasteiger partial charge in [-0.25, -0.2) is 0 Å². The quantitative estimate of drug-likeness (QED) is 0.906. The lowest BCUT2D eigenvalue weighted by molar-refractivity contribution is 0.122. The molecule has 0 radical (unpaired) electrons. The van der Waals surface area contributed by atoms with Gasteiger partial charge in [0.05, 0.1) is 37.8 Å². The minimum atomic E-state index is 0.0375. The first-order valence-electron chi connectivity index (χ1n) is 8.50. The number of ether oxygens (including phenoxy) is 2. The lowest BCUT2D eigenvalue weighted by Crippen LogP contribution is -2.38. The number of phenolic OH excluding ortho intramolecular Hbond substituents is 1. The number of hydrogen-bond acceptors (Lipinski definition) is 5. The molecule has 0 aromatic heterocycles. The number of benzene rings is 1. The van der Waals surface area contributed by atoms with Gasteiger partial charge in [0.2, 0.25) is 0 Å². The van der Waals surface area contributed by atoms with Crippen molar-refractivity contribution < 1.29 is 14.6 Å². The molecule has 0 saturated carbocycles. The molecule has 128 valence electrons. The Morgan fingerprint density at radius 3 is 1.57 bits per heavy atom. The van der Waals surface area contributed by atoms with E-state index in [1.54, 1.807) is 0 Å². The molecule has 2 heterocycles. The molecule has 5 heteroatoms. The molecule has 0 amide bonds. The summed E-state index contributed by atoms with van der Waals surface area (Å²) in [6.07, 6.45) is 0. The topological polar surface area (TPSA) is 45.2 Å². The van der Waals surface area contributed by atoms with E-state index in [9.17, 15) is 5.11 Å². The largest absolute Gasteiger partial charge is 0.504 e. The van der Waals surface area contributed by atoms with Crippen LogP contribution < -0.4 is 9.80 Å². The summed E-state index contributed by atoms with van der Waals surface area (Å²) in [5.74, 6) is 0.391. The third-order valence-corrected chi connectivity index (χ3v) is 4.64. The second kappa shape index (κ2) is 6.57. The van der Waals surface area contributed by atoms with Crippen LogP contribution in [-0.2, 0) is 14.9 Å². The van der Waals surface area contributed by atoms with Crippen molar-refractivity contribution in [3.8, 4) is 5.75 Å². The molecule has 2 saturated heterocycles. The summed E-state index contributed by atoms with van der Waals surface area (Å²) in [7, 11) is 0. The molecule has 2 fully saturated rings. The highest BCUT2D eigenvalue weighted by atomic mass is 16.5. The van der Waals surface area contributed by atoms with Crippen molar-refractivity contribution in [1.29, 1.82) is 0 Å². The molecule has 2 aliphatic rings. The second-order valence-electron chi connectivity index (χ2n) is 7.31. The molecule has 2 aliphatic heterocycles. The number of anilines is 2. The summed E-state index contributed by atoms with van der Waals surface area (Å²) in [5.41, 5.74) is 3.15. The monoisotopic (exact) mass is 320 g/mol. The van der Waals surface area contributed by atoms with E-state index in [0.717, 1.165) is 37.6 Å². The van der Waals surface area contributed by atoms with E-state index in [4.69, 9.17) is 9.47 Å². The fraction of sp³-hybridized carbons (Fsp3) is 0.667. The highest BCUT2D eigenvalue weighted by Crippen LogP contribution is 2.42. The summed E-state index contributed by atoms with van der Waals surface area (Å²) < 4.78 is 10.9. The summed E-state index contributed by atoms with van der Waals surface area (Å²) in [6, 6.07) is 4.29. The molecule has 5 nitrogen and oxygen atoms in total. The van der Waals surface area contributed by atoms with Crippen LogP contribution in [0.2, 0.25) is 0 Å². The average Bonchev–Trinajstić information content (AvgIpc) is 2.55. The van der Waals surface area contributed by atoms with Crippen LogP contribution in [0.1, 0.15) is 26.3 Å². The van der Waals surface area contributed by atoms with E-state index in [0.29, 0.717) is 32.2 Å². The van der Waals surface area contributed by atoms with Crippen molar-refractivity contribution in [3.05, 3.63) is 17.7 Å². The van der Waals surface area contributed by atoms with Crippen LogP contribution >= 0.6 is 0 Å². The zero-order valence-corrected chi connectivity index (χ0v) is 14.5. The molecule has 1 N–H and O–H groups in total. The molecule has 1 aromatic rings. The maximum absolute atomic E-state index is 10.9. The predicted molar refractivity (Wildman–Crippen MR) is 92.9 cm³/mol. The van der Waals surface area contributed by atoms with E-state index >= 15 is 0 Å². The third kappa shape index (κ3) is 3.56. The molecule has 0 aliphatic carbocycles.